The Morgan fingerprint density at radius 1 is 1.50 bits per heavy atom. The molecule has 2 rings (SSSR count). The zero-order valence-electron chi connectivity index (χ0n) is 7.40. The van der Waals surface area contributed by atoms with E-state index in [9.17, 15) is 10.1 Å². The molecule has 0 aliphatic heterocycles. The topological polar surface area (TPSA) is 47.5 Å². The minimum atomic E-state index is -0.404. The summed E-state index contributed by atoms with van der Waals surface area (Å²) in [4.78, 5) is 10.3. The van der Waals surface area contributed by atoms with Crippen LogP contribution in [0.5, 0.6) is 0 Å². The van der Waals surface area contributed by atoms with Crippen LogP contribution >= 0.6 is 11.6 Å². The van der Waals surface area contributed by atoms with Crippen LogP contribution in [0.3, 0.4) is 0 Å². The maximum Gasteiger partial charge on any atom is 0.331 e. The van der Waals surface area contributed by atoms with Gasteiger partial charge in [0.15, 0.2) is 0 Å². The molecule has 5 heteroatoms. The van der Waals surface area contributed by atoms with Crippen LogP contribution in [0.25, 0.3) is 5.52 Å². The van der Waals surface area contributed by atoms with Gasteiger partial charge in [0.25, 0.3) is 0 Å². The van der Waals surface area contributed by atoms with E-state index in [2.05, 4.69) is 0 Å². The summed E-state index contributed by atoms with van der Waals surface area (Å²) in [7, 11) is 0. The van der Waals surface area contributed by atoms with E-state index < -0.39 is 4.92 Å². The largest absolute Gasteiger partial charge is 0.358 e. The number of fused-ring (bicyclic) bond motifs is 1. The number of nitrogens with zero attached hydrogens (tertiary/aromatic N) is 2. The predicted octanol–water partition coefficient (Wildman–Crippen LogP) is 2.81. The average molecular weight is 211 g/mol. The first-order valence-electron chi connectivity index (χ1n) is 4.01. The van der Waals surface area contributed by atoms with Crippen molar-refractivity contribution in [2.75, 3.05) is 0 Å². The molecule has 0 atom stereocenters. The zero-order valence-corrected chi connectivity index (χ0v) is 8.15. The molecule has 0 unspecified atom stereocenters. The van der Waals surface area contributed by atoms with Gasteiger partial charge in [-0.1, -0.05) is 11.6 Å². The lowest BCUT2D eigenvalue weighted by molar-refractivity contribution is -0.390. The molecule has 0 saturated heterocycles. The molecule has 72 valence electrons. The second-order valence-corrected chi connectivity index (χ2v) is 3.49. The molecule has 2 aromatic rings. The van der Waals surface area contributed by atoms with Crippen molar-refractivity contribution in [3.63, 3.8) is 0 Å². The quantitative estimate of drug-likeness (QED) is 0.537. The molecular formula is C9H7ClN2O2. The summed E-state index contributed by atoms with van der Waals surface area (Å²) in [5.41, 5.74) is 1.41. The Kier molecular flexibility index (Phi) is 1.93. The summed E-state index contributed by atoms with van der Waals surface area (Å²) in [6.07, 6.45) is 1.54. The van der Waals surface area contributed by atoms with Gasteiger partial charge in [0, 0.05) is 5.56 Å². The summed E-state index contributed by atoms with van der Waals surface area (Å²) < 4.78 is 1.48. The highest BCUT2D eigenvalue weighted by atomic mass is 35.5. The van der Waals surface area contributed by atoms with Crippen molar-refractivity contribution in [3.8, 4) is 0 Å². The highest BCUT2D eigenvalue weighted by Gasteiger charge is 2.16. The van der Waals surface area contributed by atoms with Gasteiger partial charge in [-0.05, 0) is 30.0 Å². The normalized spacial score (nSPS) is 10.7. The minimum absolute atomic E-state index is 0.0718. The fourth-order valence-corrected chi connectivity index (χ4v) is 1.66. The number of hydrogen-bond donors (Lipinski definition) is 0. The van der Waals surface area contributed by atoms with Crippen molar-refractivity contribution in [3.05, 3.63) is 45.1 Å². The van der Waals surface area contributed by atoms with Crippen LogP contribution in [0.2, 0.25) is 5.02 Å². The first-order chi connectivity index (χ1) is 6.59. The van der Waals surface area contributed by atoms with Gasteiger partial charge in [-0.2, -0.15) is 4.40 Å². The molecule has 0 aliphatic rings. The smallest absolute Gasteiger partial charge is 0.331 e. The van der Waals surface area contributed by atoms with Crippen LogP contribution in [-0.4, -0.2) is 9.32 Å². The second-order valence-electron chi connectivity index (χ2n) is 3.05. The van der Waals surface area contributed by atoms with Crippen molar-refractivity contribution in [1.82, 2.24) is 4.40 Å². The lowest BCUT2D eigenvalue weighted by atomic mass is 10.3. The van der Waals surface area contributed by atoms with Gasteiger partial charge in [-0.15, -0.1) is 0 Å². The minimum Gasteiger partial charge on any atom is -0.358 e. The molecule has 14 heavy (non-hydrogen) atoms. The van der Waals surface area contributed by atoms with E-state index in [1.165, 1.54) is 4.40 Å². The Labute approximate surface area is 84.9 Å². The summed E-state index contributed by atoms with van der Waals surface area (Å²) in [5.74, 6) is 0.0718. The number of pyridine rings is 1. The van der Waals surface area contributed by atoms with E-state index >= 15 is 0 Å². The third kappa shape index (κ3) is 1.24. The van der Waals surface area contributed by atoms with Crippen molar-refractivity contribution >= 4 is 22.9 Å². The summed E-state index contributed by atoms with van der Waals surface area (Å²) in [6.45, 7) is 1.71. The van der Waals surface area contributed by atoms with Gasteiger partial charge in [-0.3, -0.25) is 0 Å². The fourth-order valence-electron chi connectivity index (χ4n) is 1.50. The Morgan fingerprint density at radius 3 is 2.86 bits per heavy atom. The second kappa shape index (κ2) is 2.99. The molecule has 4 nitrogen and oxygen atoms in total. The first kappa shape index (κ1) is 9.02. The van der Waals surface area contributed by atoms with Crippen LogP contribution in [-0.2, 0) is 0 Å². The third-order valence-electron chi connectivity index (χ3n) is 2.06. The predicted molar refractivity (Wildman–Crippen MR) is 53.8 cm³/mol. The molecule has 0 amide bonds. The zero-order chi connectivity index (χ0) is 10.3. The summed E-state index contributed by atoms with van der Waals surface area (Å²) in [6, 6.07) is 5.22. The first-order valence-corrected chi connectivity index (χ1v) is 4.39. The number of aryl methyl sites for hydroxylation is 1. The van der Waals surface area contributed by atoms with E-state index in [0.29, 0.717) is 10.6 Å². The molecule has 0 spiro atoms. The van der Waals surface area contributed by atoms with Crippen molar-refractivity contribution in [2.24, 2.45) is 0 Å². The van der Waals surface area contributed by atoms with Gasteiger partial charge in [0.1, 0.15) is 11.7 Å². The Balaban J connectivity index is 2.86. The molecule has 0 bridgehead atoms. The van der Waals surface area contributed by atoms with Gasteiger partial charge in [0.05, 0.1) is 5.02 Å². The van der Waals surface area contributed by atoms with E-state index in [-0.39, 0.29) is 5.82 Å². The summed E-state index contributed by atoms with van der Waals surface area (Å²) in [5, 5.41) is 11.2. The molecule has 0 fully saturated rings. The van der Waals surface area contributed by atoms with Gasteiger partial charge in [-0.25, -0.2) is 0 Å². The lowest BCUT2D eigenvalue weighted by Gasteiger charge is -1.95. The number of rotatable bonds is 1. The Bertz CT molecular complexity index is 519. The standard InChI is InChI=1S/C9H7ClN2O2/c1-6-4-8-3-2-7(10)5-11(8)9(6)12(13)14/h2-5H,1H3. The average Bonchev–Trinajstić information content (AvgIpc) is 2.40. The Morgan fingerprint density at radius 2 is 2.21 bits per heavy atom. The summed E-state index contributed by atoms with van der Waals surface area (Å²) >= 11 is 5.76. The lowest BCUT2D eigenvalue weighted by Crippen LogP contribution is -1.95. The fraction of sp³-hybridized carbons (Fsp3) is 0.111. The van der Waals surface area contributed by atoms with E-state index in [1.54, 1.807) is 31.3 Å². The molecule has 0 radical (unpaired) electrons. The van der Waals surface area contributed by atoms with E-state index in [4.69, 9.17) is 11.6 Å². The monoisotopic (exact) mass is 210 g/mol. The molecule has 0 saturated carbocycles. The van der Waals surface area contributed by atoms with E-state index in [0.717, 1.165) is 5.52 Å². The van der Waals surface area contributed by atoms with Gasteiger partial charge < -0.3 is 10.1 Å². The SMILES string of the molecule is Cc1cc2ccc(Cl)cn2c1[N+](=O)[O-]. The number of aromatic nitrogens is 1. The van der Waals surface area contributed by atoms with Gasteiger partial charge >= 0.3 is 5.82 Å². The highest BCUT2D eigenvalue weighted by molar-refractivity contribution is 6.30. The molecule has 0 N–H and O–H groups in total. The van der Waals surface area contributed by atoms with Crippen LogP contribution in [0, 0.1) is 17.0 Å². The van der Waals surface area contributed by atoms with Gasteiger partial charge in [0.2, 0.25) is 0 Å². The highest BCUT2D eigenvalue weighted by Crippen LogP contribution is 2.24. The van der Waals surface area contributed by atoms with Crippen LogP contribution in [0.15, 0.2) is 24.4 Å². The van der Waals surface area contributed by atoms with E-state index in [1.807, 2.05) is 0 Å². The van der Waals surface area contributed by atoms with Crippen LogP contribution < -0.4 is 0 Å². The number of hydrogen-bond acceptors (Lipinski definition) is 2. The third-order valence-corrected chi connectivity index (χ3v) is 2.29. The number of nitro groups is 1. The maximum absolute atomic E-state index is 10.7. The Hall–Kier alpha value is -1.55. The van der Waals surface area contributed by atoms with Crippen molar-refractivity contribution in [2.45, 2.75) is 6.92 Å². The molecule has 0 aliphatic carbocycles. The molecule has 2 aromatic heterocycles. The van der Waals surface area contributed by atoms with Crippen molar-refractivity contribution < 1.29 is 4.92 Å². The van der Waals surface area contributed by atoms with Crippen LogP contribution in [0.4, 0.5) is 5.82 Å². The molecule has 2 heterocycles. The van der Waals surface area contributed by atoms with Crippen molar-refractivity contribution in [1.29, 1.82) is 0 Å². The molecule has 0 aromatic carbocycles. The number of halogens is 1. The van der Waals surface area contributed by atoms with Crippen LogP contribution in [0.1, 0.15) is 5.56 Å². The maximum atomic E-state index is 10.7. The molecular weight excluding hydrogens is 204 g/mol.